The van der Waals surface area contributed by atoms with Crippen LogP contribution in [0.25, 0.3) is 0 Å². The third-order valence-corrected chi connectivity index (χ3v) is 2.81. The van der Waals surface area contributed by atoms with Crippen LogP contribution in [0, 0.1) is 0 Å². The van der Waals surface area contributed by atoms with Gasteiger partial charge in [-0.2, -0.15) is 13.2 Å². The molecule has 1 aromatic rings. The Bertz CT molecular complexity index is 428. The van der Waals surface area contributed by atoms with E-state index in [1.165, 1.54) is 12.1 Å². The van der Waals surface area contributed by atoms with Gasteiger partial charge < -0.3 is 10.2 Å². The second-order valence-corrected chi connectivity index (χ2v) is 4.18. The van der Waals surface area contributed by atoms with Gasteiger partial charge in [-0.05, 0) is 24.3 Å². The molecule has 18 heavy (non-hydrogen) atoms. The Balaban J connectivity index is 2.16. The molecule has 1 fully saturated rings. The fraction of sp³-hybridized carbons (Fsp3) is 0.417. The minimum Gasteiger partial charge on any atom is -0.363 e. The molecular formula is C12H13F3N2O. The van der Waals surface area contributed by atoms with Crippen molar-refractivity contribution in [2.45, 2.75) is 6.18 Å². The zero-order valence-electron chi connectivity index (χ0n) is 9.63. The fourth-order valence-corrected chi connectivity index (χ4v) is 1.87. The molecule has 1 aromatic carbocycles. The van der Waals surface area contributed by atoms with Gasteiger partial charge in [-0.3, -0.25) is 4.79 Å². The molecule has 0 atom stereocenters. The summed E-state index contributed by atoms with van der Waals surface area (Å²) in [6.45, 7) is 1.80. The van der Waals surface area contributed by atoms with Crippen molar-refractivity contribution >= 4 is 11.5 Å². The van der Waals surface area contributed by atoms with Crippen LogP contribution >= 0.6 is 0 Å². The summed E-state index contributed by atoms with van der Waals surface area (Å²) >= 11 is 0. The molecule has 0 bridgehead atoms. The molecule has 0 aromatic heterocycles. The van der Waals surface area contributed by atoms with E-state index in [2.05, 4.69) is 5.32 Å². The van der Waals surface area contributed by atoms with Gasteiger partial charge in [-0.15, -0.1) is 0 Å². The molecule has 0 saturated carbocycles. The summed E-state index contributed by atoms with van der Waals surface area (Å²) in [7, 11) is 0. The Labute approximate surface area is 103 Å². The second kappa shape index (κ2) is 4.97. The molecule has 3 nitrogen and oxygen atoms in total. The molecule has 1 aliphatic heterocycles. The summed E-state index contributed by atoms with van der Waals surface area (Å²) in [5.41, 5.74) is -0.0365. The molecule has 1 N–H and O–H groups in total. The van der Waals surface area contributed by atoms with Gasteiger partial charge in [-0.1, -0.05) is 0 Å². The van der Waals surface area contributed by atoms with E-state index in [1.54, 1.807) is 4.90 Å². The van der Waals surface area contributed by atoms with Crippen LogP contribution in [0.15, 0.2) is 24.3 Å². The van der Waals surface area contributed by atoms with Gasteiger partial charge >= 0.3 is 6.18 Å². The number of halogens is 3. The molecule has 0 amide bonds. The highest BCUT2D eigenvalue weighted by molar-refractivity contribution is 5.85. The molecule has 1 saturated heterocycles. The molecule has 98 valence electrons. The quantitative estimate of drug-likeness (QED) is 0.832. The van der Waals surface area contributed by atoms with Gasteiger partial charge in [0.25, 0.3) is 0 Å². The summed E-state index contributed by atoms with van der Waals surface area (Å²) in [6, 6.07) is 4.89. The molecule has 0 aliphatic carbocycles. The summed E-state index contributed by atoms with van der Waals surface area (Å²) in [6.07, 6.45) is -4.32. The molecule has 0 radical (unpaired) electrons. The Morgan fingerprint density at radius 1 is 1.17 bits per heavy atom. The monoisotopic (exact) mass is 258 g/mol. The molecule has 1 aliphatic rings. The lowest BCUT2D eigenvalue weighted by Crippen LogP contribution is -2.30. The van der Waals surface area contributed by atoms with Crippen molar-refractivity contribution in [3.8, 4) is 0 Å². The lowest BCUT2D eigenvalue weighted by Gasteiger charge is -2.21. The number of anilines is 1. The predicted octanol–water partition coefficient (Wildman–Crippen LogP) is 1.68. The van der Waals surface area contributed by atoms with Gasteiger partial charge in [0.15, 0.2) is 5.78 Å². The Hall–Kier alpha value is -1.56. The Kier molecular flexibility index (Phi) is 3.56. The predicted molar refractivity (Wildman–Crippen MR) is 61.5 cm³/mol. The first-order valence-corrected chi connectivity index (χ1v) is 5.61. The van der Waals surface area contributed by atoms with Crippen LogP contribution in [0.1, 0.15) is 5.56 Å². The van der Waals surface area contributed by atoms with E-state index in [1.807, 2.05) is 0 Å². The van der Waals surface area contributed by atoms with Gasteiger partial charge in [-0.25, -0.2) is 0 Å². The minimum atomic E-state index is -4.32. The number of rotatable bonds is 1. The standard InChI is InChI=1S/C12H13F3N2O/c13-12(14,15)9-1-3-10(4-2-9)17-6-5-16-7-11(18)8-17/h1-4,16H,5-8H2. The van der Waals surface area contributed by atoms with Crippen LogP contribution in [-0.4, -0.2) is 32.0 Å². The number of carbonyl (C=O) groups excluding carboxylic acids is 1. The summed E-state index contributed by atoms with van der Waals surface area (Å²) in [5, 5.41) is 2.96. The van der Waals surface area contributed by atoms with Crippen molar-refractivity contribution in [1.29, 1.82) is 0 Å². The summed E-state index contributed by atoms with van der Waals surface area (Å²) in [4.78, 5) is 13.2. The molecule has 0 unspecified atom stereocenters. The number of nitrogens with one attached hydrogen (secondary N) is 1. The van der Waals surface area contributed by atoms with Crippen LogP contribution in [0.2, 0.25) is 0 Å². The first-order chi connectivity index (χ1) is 8.47. The number of hydrogen-bond donors (Lipinski definition) is 1. The van der Waals surface area contributed by atoms with E-state index < -0.39 is 11.7 Å². The Morgan fingerprint density at radius 2 is 1.83 bits per heavy atom. The van der Waals surface area contributed by atoms with Crippen molar-refractivity contribution in [3.63, 3.8) is 0 Å². The highest BCUT2D eigenvalue weighted by atomic mass is 19.4. The van der Waals surface area contributed by atoms with Crippen molar-refractivity contribution in [2.75, 3.05) is 31.1 Å². The first kappa shape index (κ1) is 12.9. The normalized spacial score (nSPS) is 17.7. The number of ketones is 1. The van der Waals surface area contributed by atoms with Crippen molar-refractivity contribution in [3.05, 3.63) is 29.8 Å². The maximum atomic E-state index is 12.4. The number of benzene rings is 1. The van der Waals surface area contributed by atoms with Gasteiger partial charge in [0.2, 0.25) is 0 Å². The SMILES string of the molecule is O=C1CNCCN(c2ccc(C(F)(F)F)cc2)C1. The summed E-state index contributed by atoms with van der Waals surface area (Å²) < 4.78 is 37.2. The zero-order chi connectivity index (χ0) is 13.2. The third kappa shape index (κ3) is 3.01. The highest BCUT2D eigenvalue weighted by Crippen LogP contribution is 2.30. The third-order valence-electron chi connectivity index (χ3n) is 2.81. The summed E-state index contributed by atoms with van der Waals surface area (Å²) in [5.74, 6) is 0.0346. The maximum absolute atomic E-state index is 12.4. The van der Waals surface area contributed by atoms with Crippen LogP contribution < -0.4 is 10.2 Å². The van der Waals surface area contributed by atoms with E-state index in [0.29, 0.717) is 25.3 Å². The fourth-order valence-electron chi connectivity index (χ4n) is 1.87. The molecule has 1 heterocycles. The lowest BCUT2D eigenvalue weighted by molar-refractivity contribution is -0.137. The van der Waals surface area contributed by atoms with E-state index in [9.17, 15) is 18.0 Å². The van der Waals surface area contributed by atoms with Gasteiger partial charge in [0, 0.05) is 18.8 Å². The van der Waals surface area contributed by atoms with E-state index in [-0.39, 0.29) is 12.3 Å². The molecule has 6 heteroatoms. The average molecular weight is 258 g/mol. The van der Waals surface area contributed by atoms with Crippen molar-refractivity contribution in [1.82, 2.24) is 5.32 Å². The number of Topliss-reactive ketones (excluding diaryl/α,β-unsaturated/α-hetero) is 1. The zero-order valence-corrected chi connectivity index (χ0v) is 9.63. The largest absolute Gasteiger partial charge is 0.416 e. The smallest absolute Gasteiger partial charge is 0.363 e. The van der Waals surface area contributed by atoms with Crippen LogP contribution in [0.4, 0.5) is 18.9 Å². The number of hydrogen-bond acceptors (Lipinski definition) is 3. The average Bonchev–Trinajstić information content (AvgIpc) is 2.53. The topological polar surface area (TPSA) is 32.3 Å². The van der Waals surface area contributed by atoms with Crippen LogP contribution in [-0.2, 0) is 11.0 Å². The van der Waals surface area contributed by atoms with Crippen LogP contribution in [0.3, 0.4) is 0 Å². The van der Waals surface area contributed by atoms with E-state index >= 15 is 0 Å². The minimum absolute atomic E-state index is 0.0346. The second-order valence-electron chi connectivity index (χ2n) is 4.18. The number of alkyl halides is 3. The molecule has 0 spiro atoms. The molecular weight excluding hydrogens is 245 g/mol. The van der Waals surface area contributed by atoms with Crippen LogP contribution in [0.5, 0.6) is 0 Å². The number of nitrogens with zero attached hydrogens (tertiary/aromatic N) is 1. The van der Waals surface area contributed by atoms with Gasteiger partial charge in [0.1, 0.15) is 0 Å². The van der Waals surface area contributed by atoms with E-state index in [0.717, 1.165) is 12.1 Å². The van der Waals surface area contributed by atoms with Crippen molar-refractivity contribution < 1.29 is 18.0 Å². The maximum Gasteiger partial charge on any atom is 0.416 e. The van der Waals surface area contributed by atoms with E-state index in [4.69, 9.17) is 0 Å². The Morgan fingerprint density at radius 3 is 2.44 bits per heavy atom. The first-order valence-electron chi connectivity index (χ1n) is 5.61. The number of carbonyl (C=O) groups is 1. The lowest BCUT2D eigenvalue weighted by atomic mass is 10.2. The highest BCUT2D eigenvalue weighted by Gasteiger charge is 2.30. The van der Waals surface area contributed by atoms with Gasteiger partial charge in [0.05, 0.1) is 18.7 Å². The van der Waals surface area contributed by atoms with Crippen molar-refractivity contribution in [2.24, 2.45) is 0 Å². The molecule has 2 rings (SSSR count).